The number of nitrogens with zero attached hydrogens (tertiary/aromatic N) is 2. The summed E-state index contributed by atoms with van der Waals surface area (Å²) in [5.74, 6) is 0.357. The van der Waals surface area contributed by atoms with Gasteiger partial charge in [0, 0.05) is 22.6 Å². The van der Waals surface area contributed by atoms with Crippen LogP contribution in [-0.2, 0) is 10.0 Å². The SMILES string of the molecule is Brc1ccccc1.C=CCS(=O)(=O)n1cc(C2CCN(C)C2)c2ccccc21. The number of likely N-dealkylation sites (N-methyl/N-ethyl adjacent to an activating group) is 1. The summed E-state index contributed by atoms with van der Waals surface area (Å²) in [6.07, 6.45) is 4.33. The van der Waals surface area contributed by atoms with Crippen LogP contribution in [0.3, 0.4) is 0 Å². The van der Waals surface area contributed by atoms with Crippen molar-refractivity contribution in [1.82, 2.24) is 8.87 Å². The van der Waals surface area contributed by atoms with Crippen molar-refractivity contribution < 1.29 is 8.42 Å². The van der Waals surface area contributed by atoms with E-state index >= 15 is 0 Å². The zero-order valence-electron chi connectivity index (χ0n) is 16.0. The molecule has 0 saturated carbocycles. The minimum absolute atomic E-state index is 0.0459. The van der Waals surface area contributed by atoms with E-state index in [-0.39, 0.29) is 5.75 Å². The molecule has 0 N–H and O–H groups in total. The minimum atomic E-state index is -3.37. The number of para-hydroxylation sites is 1. The lowest BCUT2D eigenvalue weighted by molar-refractivity contribution is 0.412. The number of hydrogen-bond acceptors (Lipinski definition) is 3. The van der Waals surface area contributed by atoms with Crippen LogP contribution in [0.4, 0.5) is 0 Å². The Hall–Kier alpha value is -1.89. The smallest absolute Gasteiger partial charge is 0.242 e. The summed E-state index contributed by atoms with van der Waals surface area (Å²) in [4.78, 5) is 2.29. The first-order valence-corrected chi connectivity index (χ1v) is 11.7. The number of likely N-dealkylation sites (tertiary alicyclic amines) is 1. The van der Waals surface area contributed by atoms with Crippen molar-refractivity contribution in [2.45, 2.75) is 12.3 Å². The Balaban J connectivity index is 0.000000271. The van der Waals surface area contributed by atoms with Crippen molar-refractivity contribution in [1.29, 1.82) is 0 Å². The molecule has 0 bridgehead atoms. The van der Waals surface area contributed by atoms with Crippen LogP contribution in [0.15, 0.2) is 77.9 Å². The highest BCUT2D eigenvalue weighted by Gasteiger charge is 2.26. The second-order valence-electron chi connectivity index (χ2n) is 7.01. The van der Waals surface area contributed by atoms with E-state index in [1.807, 2.05) is 60.8 Å². The maximum Gasteiger partial charge on any atom is 0.242 e. The first-order chi connectivity index (χ1) is 13.4. The second kappa shape index (κ2) is 9.07. The number of hydrogen-bond donors (Lipinski definition) is 0. The van der Waals surface area contributed by atoms with E-state index in [1.54, 1.807) is 0 Å². The molecule has 1 saturated heterocycles. The standard InChI is InChI=1S/C16H20N2O2S.C6H5Br/c1-3-10-21(19,20)18-12-15(13-8-9-17(2)11-13)14-6-4-5-7-16(14)18;7-6-4-2-1-3-5-6/h3-7,12-13H,1,8-11H2,2H3;1-5H. The second-order valence-corrected chi connectivity index (χ2v) is 9.81. The molecule has 2 aromatic carbocycles. The molecular formula is C22H25BrN2O2S. The Bertz CT molecular complexity index is 1040. The third-order valence-corrected chi connectivity index (χ3v) is 6.99. The molecule has 4 nitrogen and oxygen atoms in total. The van der Waals surface area contributed by atoms with Crippen LogP contribution >= 0.6 is 15.9 Å². The Morgan fingerprint density at radius 1 is 1.14 bits per heavy atom. The van der Waals surface area contributed by atoms with Crippen LogP contribution in [0.5, 0.6) is 0 Å². The van der Waals surface area contributed by atoms with Gasteiger partial charge in [0.2, 0.25) is 10.0 Å². The van der Waals surface area contributed by atoms with Gasteiger partial charge in [-0.25, -0.2) is 12.4 Å². The molecule has 0 amide bonds. The Labute approximate surface area is 175 Å². The van der Waals surface area contributed by atoms with E-state index in [0.29, 0.717) is 5.92 Å². The van der Waals surface area contributed by atoms with E-state index in [9.17, 15) is 8.42 Å². The fraction of sp³-hybridized carbons (Fsp3) is 0.273. The van der Waals surface area contributed by atoms with Crippen molar-refractivity contribution in [3.05, 3.63) is 83.5 Å². The van der Waals surface area contributed by atoms with Crippen LogP contribution in [0, 0.1) is 0 Å². The van der Waals surface area contributed by atoms with Gasteiger partial charge in [0.25, 0.3) is 0 Å². The predicted molar refractivity (Wildman–Crippen MR) is 120 cm³/mol. The third kappa shape index (κ3) is 4.74. The van der Waals surface area contributed by atoms with Crippen LogP contribution in [0.25, 0.3) is 10.9 Å². The molecule has 1 atom stereocenters. The highest BCUT2D eigenvalue weighted by molar-refractivity contribution is 9.10. The molecule has 1 fully saturated rings. The van der Waals surface area contributed by atoms with Crippen molar-refractivity contribution in [2.75, 3.05) is 25.9 Å². The largest absolute Gasteiger partial charge is 0.306 e. The quantitative estimate of drug-likeness (QED) is 0.521. The molecule has 28 heavy (non-hydrogen) atoms. The van der Waals surface area contributed by atoms with Crippen molar-refractivity contribution >= 4 is 36.9 Å². The van der Waals surface area contributed by atoms with Gasteiger partial charge in [0.15, 0.2) is 0 Å². The monoisotopic (exact) mass is 460 g/mol. The van der Waals surface area contributed by atoms with Gasteiger partial charge in [-0.1, -0.05) is 58.4 Å². The summed E-state index contributed by atoms with van der Waals surface area (Å²) in [6.45, 7) is 5.59. The van der Waals surface area contributed by atoms with E-state index in [1.165, 1.54) is 10.0 Å². The number of benzene rings is 2. The summed E-state index contributed by atoms with van der Waals surface area (Å²) in [6, 6.07) is 17.7. The van der Waals surface area contributed by atoms with Gasteiger partial charge in [0.1, 0.15) is 0 Å². The first kappa shape index (κ1) is 20.8. The van der Waals surface area contributed by atoms with Gasteiger partial charge in [-0.3, -0.25) is 0 Å². The van der Waals surface area contributed by atoms with Gasteiger partial charge in [-0.05, 0) is 49.7 Å². The maximum atomic E-state index is 12.4. The molecule has 148 valence electrons. The highest BCUT2D eigenvalue weighted by Crippen LogP contribution is 2.34. The Morgan fingerprint density at radius 2 is 1.82 bits per heavy atom. The van der Waals surface area contributed by atoms with E-state index in [0.717, 1.165) is 40.4 Å². The highest BCUT2D eigenvalue weighted by atomic mass is 79.9. The summed E-state index contributed by atoms with van der Waals surface area (Å²) in [5.41, 5.74) is 1.91. The van der Waals surface area contributed by atoms with Crippen molar-refractivity contribution in [3.63, 3.8) is 0 Å². The zero-order chi connectivity index (χ0) is 20.1. The van der Waals surface area contributed by atoms with Gasteiger partial charge in [-0.2, -0.15) is 0 Å². The zero-order valence-corrected chi connectivity index (χ0v) is 18.4. The van der Waals surface area contributed by atoms with Crippen LogP contribution in [0.2, 0.25) is 0 Å². The average Bonchev–Trinajstić information content (AvgIpc) is 3.27. The summed E-state index contributed by atoms with van der Waals surface area (Å²) < 4.78 is 27.4. The lowest BCUT2D eigenvalue weighted by Gasteiger charge is -2.09. The summed E-state index contributed by atoms with van der Waals surface area (Å²) >= 11 is 3.31. The molecule has 2 heterocycles. The molecule has 0 spiro atoms. The maximum absolute atomic E-state index is 12.4. The number of rotatable bonds is 4. The first-order valence-electron chi connectivity index (χ1n) is 9.25. The molecule has 0 aliphatic carbocycles. The lowest BCUT2D eigenvalue weighted by atomic mass is 9.98. The normalized spacial score (nSPS) is 17.3. The molecule has 1 unspecified atom stereocenters. The molecular weight excluding hydrogens is 436 g/mol. The lowest BCUT2D eigenvalue weighted by Crippen LogP contribution is -2.14. The van der Waals surface area contributed by atoms with Crippen molar-refractivity contribution in [3.8, 4) is 0 Å². The fourth-order valence-electron chi connectivity index (χ4n) is 3.56. The van der Waals surface area contributed by atoms with Crippen molar-refractivity contribution in [2.24, 2.45) is 0 Å². The van der Waals surface area contributed by atoms with Gasteiger partial charge in [0.05, 0.1) is 11.3 Å². The summed E-state index contributed by atoms with van der Waals surface area (Å²) in [5, 5.41) is 1.05. The molecule has 3 aromatic rings. The van der Waals surface area contributed by atoms with E-state index < -0.39 is 10.0 Å². The summed E-state index contributed by atoms with van der Waals surface area (Å²) in [7, 11) is -1.27. The van der Waals surface area contributed by atoms with Crippen LogP contribution < -0.4 is 0 Å². The third-order valence-electron chi connectivity index (χ3n) is 4.90. The Kier molecular flexibility index (Phi) is 6.75. The molecule has 1 aliphatic heterocycles. The molecule has 6 heteroatoms. The van der Waals surface area contributed by atoms with Gasteiger partial charge < -0.3 is 4.90 Å². The Morgan fingerprint density at radius 3 is 2.39 bits per heavy atom. The molecule has 4 rings (SSSR count). The van der Waals surface area contributed by atoms with E-state index in [4.69, 9.17) is 0 Å². The molecule has 1 aliphatic rings. The minimum Gasteiger partial charge on any atom is -0.306 e. The average molecular weight is 461 g/mol. The molecule has 0 radical (unpaired) electrons. The number of halogens is 1. The van der Waals surface area contributed by atoms with Crippen LogP contribution in [-0.4, -0.2) is 43.2 Å². The molecule has 1 aromatic heterocycles. The van der Waals surface area contributed by atoms with E-state index in [2.05, 4.69) is 34.5 Å². The predicted octanol–water partition coefficient (Wildman–Crippen LogP) is 4.87. The van der Waals surface area contributed by atoms with Gasteiger partial charge >= 0.3 is 0 Å². The van der Waals surface area contributed by atoms with Gasteiger partial charge in [-0.15, -0.1) is 6.58 Å². The fourth-order valence-corrected chi connectivity index (χ4v) is 5.06. The van der Waals surface area contributed by atoms with Crippen LogP contribution in [0.1, 0.15) is 17.9 Å². The number of aromatic nitrogens is 1. The topological polar surface area (TPSA) is 42.3 Å². The number of fused-ring (bicyclic) bond motifs is 1.